The highest BCUT2D eigenvalue weighted by molar-refractivity contribution is 7.92. The predicted molar refractivity (Wildman–Crippen MR) is 177 cm³/mol. The number of benzene rings is 4. The standard InChI is InChI=1S/C36H37F2N3O6S/c1-36(2,3)39-35(43)31(21-25-7-5-4-6-8-25)40(23-26-9-11-27(37)12-10-26)34(42)24-41(29-15-13-28(38)14-16-29)48(44,45)30-17-18-32-33(22-30)47-20-19-46-32/h4-18,22,31H,19-21,23-24H2,1-3H3,(H,39,43)/t31-/m0/s1. The zero-order valence-corrected chi connectivity index (χ0v) is 27.7. The fourth-order valence-electron chi connectivity index (χ4n) is 5.24. The Balaban J connectivity index is 1.58. The van der Waals surface area contributed by atoms with Crippen LogP contribution in [0.15, 0.2) is 102 Å². The number of amides is 2. The van der Waals surface area contributed by atoms with E-state index < -0.39 is 51.6 Å². The summed E-state index contributed by atoms with van der Waals surface area (Å²) in [6.45, 7) is 5.11. The highest BCUT2D eigenvalue weighted by Gasteiger charge is 2.36. The Morgan fingerprint density at radius 2 is 1.42 bits per heavy atom. The van der Waals surface area contributed by atoms with Crippen LogP contribution in [-0.4, -0.2) is 56.5 Å². The van der Waals surface area contributed by atoms with E-state index in [1.807, 2.05) is 51.1 Å². The van der Waals surface area contributed by atoms with Crippen molar-refractivity contribution < 1.29 is 36.3 Å². The summed E-state index contributed by atoms with van der Waals surface area (Å²) in [6, 6.07) is 22.4. The Hall–Kier alpha value is -4.97. The van der Waals surface area contributed by atoms with Crippen molar-refractivity contribution in [2.75, 3.05) is 24.1 Å². The van der Waals surface area contributed by atoms with Crippen molar-refractivity contribution in [3.8, 4) is 11.5 Å². The maximum atomic E-state index is 14.5. The van der Waals surface area contributed by atoms with Gasteiger partial charge in [0.2, 0.25) is 11.8 Å². The monoisotopic (exact) mass is 677 g/mol. The molecule has 1 aliphatic rings. The van der Waals surface area contributed by atoms with Crippen molar-refractivity contribution in [2.24, 2.45) is 0 Å². The molecule has 48 heavy (non-hydrogen) atoms. The molecule has 4 aromatic rings. The molecule has 252 valence electrons. The third kappa shape index (κ3) is 8.48. The molecule has 1 atom stereocenters. The fourth-order valence-corrected chi connectivity index (χ4v) is 6.67. The van der Waals surface area contributed by atoms with Gasteiger partial charge in [0, 0.05) is 24.6 Å². The van der Waals surface area contributed by atoms with Gasteiger partial charge in [-0.3, -0.25) is 13.9 Å². The number of carbonyl (C=O) groups is 2. The molecule has 0 aliphatic carbocycles. The zero-order chi connectivity index (χ0) is 34.5. The highest BCUT2D eigenvalue weighted by Crippen LogP contribution is 2.34. The number of hydrogen-bond donors (Lipinski definition) is 1. The second-order valence-electron chi connectivity index (χ2n) is 12.4. The quantitative estimate of drug-likeness (QED) is 0.225. The minimum Gasteiger partial charge on any atom is -0.486 e. The van der Waals surface area contributed by atoms with Crippen LogP contribution in [0.4, 0.5) is 14.5 Å². The van der Waals surface area contributed by atoms with Crippen LogP contribution in [0.2, 0.25) is 0 Å². The van der Waals surface area contributed by atoms with Crippen LogP contribution in [0, 0.1) is 11.6 Å². The van der Waals surface area contributed by atoms with E-state index in [9.17, 15) is 26.8 Å². The Morgan fingerprint density at radius 1 is 0.812 bits per heavy atom. The summed E-state index contributed by atoms with van der Waals surface area (Å²) in [5.74, 6) is -1.63. The lowest BCUT2D eigenvalue weighted by molar-refractivity contribution is -0.140. The highest BCUT2D eigenvalue weighted by atomic mass is 32.2. The molecule has 0 radical (unpaired) electrons. The van der Waals surface area contributed by atoms with Gasteiger partial charge >= 0.3 is 0 Å². The Labute approximate surface area is 279 Å². The van der Waals surface area contributed by atoms with Crippen LogP contribution in [0.1, 0.15) is 31.9 Å². The van der Waals surface area contributed by atoms with Gasteiger partial charge in [-0.1, -0.05) is 42.5 Å². The van der Waals surface area contributed by atoms with Gasteiger partial charge in [-0.05, 0) is 80.4 Å². The van der Waals surface area contributed by atoms with Crippen LogP contribution >= 0.6 is 0 Å². The van der Waals surface area contributed by atoms with Gasteiger partial charge in [-0.25, -0.2) is 17.2 Å². The molecule has 4 aromatic carbocycles. The Morgan fingerprint density at radius 3 is 2.04 bits per heavy atom. The Kier molecular flexibility index (Phi) is 10.3. The first-order valence-corrected chi connectivity index (χ1v) is 16.8. The van der Waals surface area contributed by atoms with Crippen molar-refractivity contribution in [3.05, 3.63) is 120 Å². The van der Waals surface area contributed by atoms with E-state index in [0.717, 1.165) is 22.0 Å². The average molecular weight is 678 g/mol. The van der Waals surface area contributed by atoms with Gasteiger partial charge in [-0.15, -0.1) is 0 Å². The molecule has 0 unspecified atom stereocenters. The summed E-state index contributed by atoms with van der Waals surface area (Å²) in [7, 11) is -4.46. The lowest BCUT2D eigenvalue weighted by Gasteiger charge is -2.35. The number of halogens is 2. The van der Waals surface area contributed by atoms with Crippen molar-refractivity contribution in [1.82, 2.24) is 10.2 Å². The number of rotatable bonds is 11. The van der Waals surface area contributed by atoms with Crippen molar-refractivity contribution in [2.45, 2.75) is 50.2 Å². The number of nitrogens with one attached hydrogen (secondary N) is 1. The second kappa shape index (κ2) is 14.4. The molecule has 1 heterocycles. The number of sulfonamides is 1. The van der Waals surface area contributed by atoms with E-state index in [-0.39, 0.29) is 35.9 Å². The molecular formula is C36H37F2N3O6S. The van der Waals surface area contributed by atoms with E-state index in [1.165, 1.54) is 59.5 Å². The number of carbonyl (C=O) groups excluding carboxylic acids is 2. The van der Waals surface area contributed by atoms with Crippen molar-refractivity contribution in [1.29, 1.82) is 0 Å². The van der Waals surface area contributed by atoms with Gasteiger partial charge < -0.3 is 19.7 Å². The smallest absolute Gasteiger partial charge is 0.264 e. The topological polar surface area (TPSA) is 105 Å². The maximum Gasteiger partial charge on any atom is 0.264 e. The van der Waals surface area contributed by atoms with Gasteiger partial charge in [0.25, 0.3) is 10.0 Å². The molecule has 5 rings (SSSR count). The molecule has 1 N–H and O–H groups in total. The number of nitrogens with zero attached hydrogens (tertiary/aromatic N) is 2. The molecule has 0 spiro atoms. The molecule has 0 saturated heterocycles. The first kappa shape index (κ1) is 34.4. The van der Waals surface area contributed by atoms with E-state index in [1.54, 1.807) is 0 Å². The summed E-state index contributed by atoms with van der Waals surface area (Å²) >= 11 is 0. The second-order valence-corrected chi connectivity index (χ2v) is 14.2. The van der Waals surface area contributed by atoms with Crippen LogP contribution in [-0.2, 0) is 32.6 Å². The summed E-state index contributed by atoms with van der Waals surface area (Å²) in [5, 5.41) is 2.95. The van der Waals surface area contributed by atoms with Gasteiger partial charge in [0.05, 0.1) is 10.6 Å². The minimum absolute atomic E-state index is 0.0279. The largest absolute Gasteiger partial charge is 0.486 e. The lowest BCUT2D eigenvalue weighted by Crippen LogP contribution is -2.56. The van der Waals surface area contributed by atoms with E-state index in [4.69, 9.17) is 9.47 Å². The summed E-state index contributed by atoms with van der Waals surface area (Å²) in [4.78, 5) is 29.6. The van der Waals surface area contributed by atoms with E-state index in [0.29, 0.717) is 17.9 Å². The molecule has 9 nitrogen and oxygen atoms in total. The molecule has 2 amide bonds. The first-order chi connectivity index (χ1) is 22.8. The molecule has 1 aliphatic heterocycles. The minimum atomic E-state index is -4.46. The third-order valence-electron chi connectivity index (χ3n) is 7.53. The van der Waals surface area contributed by atoms with Gasteiger partial charge in [-0.2, -0.15) is 0 Å². The van der Waals surface area contributed by atoms with Crippen LogP contribution in [0.3, 0.4) is 0 Å². The Bertz CT molecular complexity index is 1850. The first-order valence-electron chi connectivity index (χ1n) is 15.4. The van der Waals surface area contributed by atoms with Crippen molar-refractivity contribution >= 4 is 27.5 Å². The normalized spacial score (nSPS) is 13.4. The summed E-state index contributed by atoms with van der Waals surface area (Å²) in [6.07, 6.45) is 0.112. The van der Waals surface area contributed by atoms with Crippen LogP contribution in [0.5, 0.6) is 11.5 Å². The SMILES string of the molecule is CC(C)(C)NC(=O)[C@H](Cc1ccccc1)N(Cc1ccc(F)cc1)C(=O)CN(c1ccc(F)cc1)S(=O)(=O)c1ccc2c(c1)OCCO2. The molecule has 0 aromatic heterocycles. The zero-order valence-electron chi connectivity index (χ0n) is 26.9. The third-order valence-corrected chi connectivity index (χ3v) is 9.30. The van der Waals surface area contributed by atoms with Gasteiger partial charge in [0.1, 0.15) is 37.4 Å². The van der Waals surface area contributed by atoms with Crippen molar-refractivity contribution in [3.63, 3.8) is 0 Å². The number of ether oxygens (including phenoxy) is 2. The molecule has 0 fully saturated rings. The van der Waals surface area contributed by atoms with Crippen LogP contribution in [0.25, 0.3) is 0 Å². The molecule has 0 saturated carbocycles. The summed E-state index contributed by atoms with van der Waals surface area (Å²) < 4.78 is 68.5. The van der Waals surface area contributed by atoms with Crippen LogP contribution < -0.4 is 19.1 Å². The number of fused-ring (bicyclic) bond motifs is 1. The molecular weight excluding hydrogens is 640 g/mol. The molecule has 0 bridgehead atoms. The fraction of sp³-hybridized carbons (Fsp3) is 0.278. The number of hydrogen-bond acceptors (Lipinski definition) is 6. The predicted octanol–water partition coefficient (Wildman–Crippen LogP) is 5.49. The maximum absolute atomic E-state index is 14.5. The summed E-state index contributed by atoms with van der Waals surface area (Å²) in [5.41, 5.74) is 0.662. The lowest BCUT2D eigenvalue weighted by atomic mass is 10.0. The van der Waals surface area contributed by atoms with E-state index >= 15 is 0 Å². The molecule has 12 heteroatoms. The average Bonchev–Trinajstić information content (AvgIpc) is 3.06. The number of anilines is 1. The van der Waals surface area contributed by atoms with E-state index in [2.05, 4.69) is 5.32 Å². The van der Waals surface area contributed by atoms with Gasteiger partial charge in [0.15, 0.2) is 11.5 Å².